The summed E-state index contributed by atoms with van der Waals surface area (Å²) in [5, 5.41) is 4.00. The number of hydrogen-bond donors (Lipinski definition) is 0. The van der Waals surface area contributed by atoms with E-state index >= 15 is 0 Å². The van der Waals surface area contributed by atoms with Crippen LogP contribution < -0.4 is 0 Å². The molecule has 0 aliphatic heterocycles. The van der Waals surface area contributed by atoms with Gasteiger partial charge in [-0.25, -0.2) is 4.39 Å². The summed E-state index contributed by atoms with van der Waals surface area (Å²) in [4.78, 5) is 9.74. The quantitative estimate of drug-likeness (QED) is 0.639. The minimum atomic E-state index is -0.399. The Hall–Kier alpha value is -1.95. The van der Waals surface area contributed by atoms with Gasteiger partial charge in [-0.3, -0.25) is 0 Å². The first-order valence-corrected chi connectivity index (χ1v) is 5.90. The van der Waals surface area contributed by atoms with E-state index in [0.717, 1.165) is 0 Å². The fraction of sp³-hybridized carbons (Fsp3) is 0.250. The summed E-state index contributed by atoms with van der Waals surface area (Å²) in [6, 6.07) is 4.49. The Morgan fingerprint density at radius 1 is 1.47 bits per heavy atom. The van der Waals surface area contributed by atoms with Gasteiger partial charge in [-0.2, -0.15) is 9.98 Å². The average molecular weight is 283 g/mol. The van der Waals surface area contributed by atoms with Crippen molar-refractivity contribution in [2.24, 2.45) is 4.99 Å². The van der Waals surface area contributed by atoms with Gasteiger partial charge in [0.15, 0.2) is 0 Å². The summed E-state index contributed by atoms with van der Waals surface area (Å²) in [6.07, 6.45) is 1.68. The highest BCUT2D eigenvalue weighted by Crippen LogP contribution is 2.22. The zero-order valence-corrected chi connectivity index (χ0v) is 11.2. The van der Waals surface area contributed by atoms with Crippen molar-refractivity contribution in [3.05, 3.63) is 40.5 Å². The number of rotatable bonds is 4. The maximum atomic E-state index is 13.6. The number of nitrogens with zero attached hydrogens (tertiary/aromatic N) is 4. The molecular weight excluding hydrogens is 271 g/mol. The number of aromatic nitrogens is 2. The van der Waals surface area contributed by atoms with Crippen LogP contribution >= 0.6 is 11.6 Å². The number of hydrogen-bond acceptors (Lipinski definition) is 4. The summed E-state index contributed by atoms with van der Waals surface area (Å²) in [7, 11) is 3.65. The lowest BCUT2D eigenvalue weighted by Gasteiger charge is -2.01. The van der Waals surface area contributed by atoms with E-state index in [4.69, 9.17) is 16.1 Å². The minimum Gasteiger partial charge on any atom is -0.369 e. The molecule has 5 nitrogen and oxygen atoms in total. The molecule has 0 unspecified atom stereocenters. The van der Waals surface area contributed by atoms with E-state index in [2.05, 4.69) is 15.1 Å². The van der Waals surface area contributed by atoms with Crippen LogP contribution in [0.4, 0.5) is 10.3 Å². The summed E-state index contributed by atoms with van der Waals surface area (Å²) in [5.74, 6) is 0.0538. The molecule has 0 atom stereocenters. The van der Waals surface area contributed by atoms with Crippen LogP contribution in [-0.2, 0) is 6.42 Å². The van der Waals surface area contributed by atoms with Gasteiger partial charge in [0.1, 0.15) is 5.82 Å². The standard InChI is InChI=1S/C12H12ClFN4O/c1-18(2)7-15-12-16-11(19-17-12)6-8-9(13)4-3-5-10(8)14/h3-5,7H,6H2,1-2H3/b15-7+. The molecule has 0 aliphatic rings. The molecule has 0 N–H and O–H groups in total. The van der Waals surface area contributed by atoms with Gasteiger partial charge in [0.2, 0.25) is 5.89 Å². The molecular formula is C12H12ClFN4O. The van der Waals surface area contributed by atoms with E-state index in [1.165, 1.54) is 6.07 Å². The van der Waals surface area contributed by atoms with Crippen LogP contribution in [0.2, 0.25) is 5.02 Å². The molecule has 100 valence electrons. The first-order valence-electron chi connectivity index (χ1n) is 5.52. The topological polar surface area (TPSA) is 54.5 Å². The molecule has 0 saturated carbocycles. The number of halogens is 2. The molecule has 0 bridgehead atoms. The Kier molecular flexibility index (Phi) is 4.11. The molecule has 0 saturated heterocycles. The summed E-state index contributed by atoms with van der Waals surface area (Å²) in [5.41, 5.74) is 0.330. The van der Waals surface area contributed by atoms with Crippen LogP contribution in [0.3, 0.4) is 0 Å². The smallest absolute Gasteiger partial charge is 0.291 e. The lowest BCUT2D eigenvalue weighted by Crippen LogP contribution is -2.07. The second kappa shape index (κ2) is 5.79. The van der Waals surface area contributed by atoms with Crippen molar-refractivity contribution in [1.82, 2.24) is 15.0 Å². The molecule has 0 amide bonds. The monoisotopic (exact) mass is 282 g/mol. The Balaban J connectivity index is 2.16. The average Bonchev–Trinajstić information content (AvgIpc) is 2.79. The van der Waals surface area contributed by atoms with Gasteiger partial charge in [0, 0.05) is 24.7 Å². The SMILES string of the molecule is CN(C)/C=N/c1noc(Cc2c(F)cccc2Cl)n1. The highest BCUT2D eigenvalue weighted by atomic mass is 35.5. The maximum Gasteiger partial charge on any atom is 0.291 e. The van der Waals surface area contributed by atoms with Gasteiger partial charge in [0.25, 0.3) is 5.95 Å². The van der Waals surface area contributed by atoms with Crippen molar-refractivity contribution in [3.63, 3.8) is 0 Å². The fourth-order valence-electron chi connectivity index (χ4n) is 1.39. The molecule has 0 radical (unpaired) electrons. The summed E-state index contributed by atoms with van der Waals surface area (Å²) >= 11 is 5.92. The first kappa shape index (κ1) is 13.5. The van der Waals surface area contributed by atoms with Crippen molar-refractivity contribution in [2.75, 3.05) is 14.1 Å². The lowest BCUT2D eigenvalue weighted by molar-refractivity contribution is 0.384. The second-order valence-electron chi connectivity index (χ2n) is 4.07. The van der Waals surface area contributed by atoms with Crippen molar-refractivity contribution < 1.29 is 8.91 Å². The molecule has 1 heterocycles. The van der Waals surface area contributed by atoms with Crippen LogP contribution in [0.15, 0.2) is 27.7 Å². The van der Waals surface area contributed by atoms with Crippen molar-refractivity contribution in [2.45, 2.75) is 6.42 Å². The molecule has 1 aromatic carbocycles. The highest BCUT2D eigenvalue weighted by molar-refractivity contribution is 6.31. The minimum absolute atomic E-state index is 0.135. The normalized spacial score (nSPS) is 11.2. The lowest BCUT2D eigenvalue weighted by atomic mass is 10.1. The number of benzene rings is 1. The van der Waals surface area contributed by atoms with Crippen molar-refractivity contribution >= 4 is 23.9 Å². The first-order chi connectivity index (χ1) is 9.06. The highest BCUT2D eigenvalue weighted by Gasteiger charge is 2.12. The maximum absolute atomic E-state index is 13.6. The Labute approximate surface area is 114 Å². The molecule has 19 heavy (non-hydrogen) atoms. The molecule has 7 heteroatoms. The van der Waals surface area contributed by atoms with E-state index in [1.807, 2.05) is 14.1 Å². The number of aliphatic imine (C=N–C) groups is 1. The summed E-state index contributed by atoms with van der Waals surface area (Å²) in [6.45, 7) is 0. The van der Waals surface area contributed by atoms with Crippen molar-refractivity contribution in [1.29, 1.82) is 0 Å². The molecule has 0 spiro atoms. The molecule has 2 aromatic rings. The predicted octanol–water partition coefficient (Wildman–Crippen LogP) is 2.67. The molecule has 2 rings (SSSR count). The predicted molar refractivity (Wildman–Crippen MR) is 70.4 cm³/mol. The van der Waals surface area contributed by atoms with E-state index in [9.17, 15) is 4.39 Å². The molecule has 1 aromatic heterocycles. The van der Waals surface area contributed by atoms with E-state index in [1.54, 1.807) is 23.4 Å². The van der Waals surface area contributed by atoms with Gasteiger partial charge in [-0.1, -0.05) is 17.7 Å². The van der Waals surface area contributed by atoms with Gasteiger partial charge in [-0.05, 0) is 17.3 Å². The van der Waals surface area contributed by atoms with Crippen LogP contribution in [0, 0.1) is 5.82 Å². The largest absolute Gasteiger partial charge is 0.369 e. The van der Waals surface area contributed by atoms with E-state index in [0.29, 0.717) is 10.6 Å². The van der Waals surface area contributed by atoms with E-state index in [-0.39, 0.29) is 18.3 Å². The molecule has 0 aliphatic carbocycles. The fourth-order valence-corrected chi connectivity index (χ4v) is 1.62. The van der Waals surface area contributed by atoms with Crippen LogP contribution in [-0.4, -0.2) is 35.5 Å². The van der Waals surface area contributed by atoms with E-state index < -0.39 is 5.82 Å². The van der Waals surface area contributed by atoms with Crippen LogP contribution in [0.25, 0.3) is 0 Å². The van der Waals surface area contributed by atoms with Crippen LogP contribution in [0.1, 0.15) is 11.5 Å². The van der Waals surface area contributed by atoms with Crippen LogP contribution in [0.5, 0.6) is 0 Å². The third kappa shape index (κ3) is 3.51. The third-order valence-corrected chi connectivity index (χ3v) is 2.61. The Morgan fingerprint density at radius 3 is 2.95 bits per heavy atom. The van der Waals surface area contributed by atoms with Gasteiger partial charge >= 0.3 is 0 Å². The van der Waals surface area contributed by atoms with Gasteiger partial charge in [0.05, 0.1) is 12.8 Å². The summed E-state index contributed by atoms with van der Waals surface area (Å²) < 4.78 is 18.6. The molecule has 0 fully saturated rings. The van der Waals surface area contributed by atoms with Gasteiger partial charge < -0.3 is 9.42 Å². The Morgan fingerprint density at radius 2 is 2.26 bits per heavy atom. The van der Waals surface area contributed by atoms with Gasteiger partial charge in [-0.15, -0.1) is 0 Å². The zero-order chi connectivity index (χ0) is 13.8. The Bertz CT molecular complexity index is 577. The van der Waals surface area contributed by atoms with Crippen molar-refractivity contribution in [3.8, 4) is 0 Å². The second-order valence-corrected chi connectivity index (χ2v) is 4.48. The third-order valence-electron chi connectivity index (χ3n) is 2.25. The zero-order valence-electron chi connectivity index (χ0n) is 10.5.